The van der Waals surface area contributed by atoms with Crippen LogP contribution >= 0.6 is 11.8 Å². The second-order valence-electron chi connectivity index (χ2n) is 6.83. The summed E-state index contributed by atoms with van der Waals surface area (Å²) in [4.78, 5) is 23.0. The van der Waals surface area contributed by atoms with Gasteiger partial charge in [0.2, 0.25) is 11.7 Å². The summed E-state index contributed by atoms with van der Waals surface area (Å²) in [5.74, 6) is 1.07. The minimum absolute atomic E-state index is 0.0468. The quantitative estimate of drug-likeness (QED) is 0.221. The molecule has 0 aliphatic rings. The van der Waals surface area contributed by atoms with Gasteiger partial charge in [0.1, 0.15) is 5.75 Å². The highest BCUT2D eigenvalue weighted by Crippen LogP contribution is 2.30. The molecule has 10 nitrogen and oxygen atoms in total. The second kappa shape index (κ2) is 10.0. The molecule has 0 aliphatic carbocycles. The number of hydrogen-bond donors (Lipinski definition) is 1. The summed E-state index contributed by atoms with van der Waals surface area (Å²) in [6, 6.07) is 17.4. The van der Waals surface area contributed by atoms with Crippen molar-refractivity contribution in [1.82, 2.24) is 14.8 Å². The molecule has 0 saturated heterocycles. The highest BCUT2D eigenvalue weighted by Gasteiger charge is 2.19. The maximum Gasteiger partial charge on any atom is 0.273 e. The number of nitrogens with one attached hydrogen (secondary N) is 1. The number of ether oxygens (including phenoxy) is 1. The molecule has 2 aromatic carbocycles. The number of nitrogens with zero attached hydrogens (tertiary/aromatic N) is 4. The van der Waals surface area contributed by atoms with Gasteiger partial charge in [0.05, 0.1) is 42.3 Å². The van der Waals surface area contributed by atoms with Crippen LogP contribution in [-0.4, -0.2) is 38.5 Å². The van der Waals surface area contributed by atoms with Crippen LogP contribution < -0.4 is 10.1 Å². The first-order chi connectivity index (χ1) is 16.0. The van der Waals surface area contributed by atoms with Gasteiger partial charge in [-0.05, 0) is 23.8 Å². The smallest absolute Gasteiger partial charge is 0.273 e. The third-order valence-electron chi connectivity index (χ3n) is 4.64. The maximum absolute atomic E-state index is 12.6. The van der Waals surface area contributed by atoms with Gasteiger partial charge in [-0.3, -0.25) is 19.5 Å². The molecule has 11 heteroatoms. The number of thioether (sulfide) groups is 1. The molecular weight excluding hydrogens is 446 g/mol. The third kappa shape index (κ3) is 5.21. The van der Waals surface area contributed by atoms with E-state index in [1.165, 1.54) is 37.1 Å². The molecule has 0 unspecified atom stereocenters. The van der Waals surface area contributed by atoms with Gasteiger partial charge in [0.25, 0.3) is 5.69 Å². The van der Waals surface area contributed by atoms with Crippen molar-refractivity contribution in [3.05, 3.63) is 82.6 Å². The number of rotatable bonds is 9. The number of furan rings is 1. The molecule has 0 aliphatic heterocycles. The van der Waals surface area contributed by atoms with Crippen molar-refractivity contribution >= 4 is 29.0 Å². The molecule has 0 saturated carbocycles. The lowest BCUT2D eigenvalue weighted by Crippen LogP contribution is -2.15. The van der Waals surface area contributed by atoms with Crippen LogP contribution in [0.5, 0.6) is 5.75 Å². The molecule has 0 spiro atoms. The normalized spacial score (nSPS) is 10.7. The molecule has 0 fully saturated rings. The second-order valence-corrected chi connectivity index (χ2v) is 7.78. The Balaban J connectivity index is 1.50. The number of non-ortho nitro benzene ring substituents is 1. The lowest BCUT2D eigenvalue weighted by atomic mass is 10.2. The van der Waals surface area contributed by atoms with Crippen molar-refractivity contribution in [1.29, 1.82) is 0 Å². The van der Waals surface area contributed by atoms with Crippen molar-refractivity contribution in [2.75, 3.05) is 18.2 Å². The number of hydrogen-bond acceptors (Lipinski definition) is 8. The monoisotopic (exact) mass is 465 g/mol. The van der Waals surface area contributed by atoms with Gasteiger partial charge < -0.3 is 14.5 Å². The summed E-state index contributed by atoms with van der Waals surface area (Å²) in [5, 5.41) is 22.7. The Kier molecular flexibility index (Phi) is 6.69. The Bertz CT molecular complexity index is 1260. The van der Waals surface area contributed by atoms with E-state index in [-0.39, 0.29) is 23.1 Å². The fraction of sp³-hybridized carbons (Fsp3) is 0.136. The highest BCUT2D eigenvalue weighted by molar-refractivity contribution is 7.99. The van der Waals surface area contributed by atoms with Crippen LogP contribution in [0.3, 0.4) is 0 Å². The Labute approximate surface area is 192 Å². The van der Waals surface area contributed by atoms with E-state index in [0.717, 1.165) is 5.56 Å². The highest BCUT2D eigenvalue weighted by atomic mass is 32.2. The number of amides is 1. The Morgan fingerprint density at radius 2 is 2.00 bits per heavy atom. The van der Waals surface area contributed by atoms with E-state index in [1.54, 1.807) is 18.4 Å². The van der Waals surface area contributed by atoms with Gasteiger partial charge in [-0.25, -0.2) is 0 Å². The van der Waals surface area contributed by atoms with Crippen molar-refractivity contribution in [2.24, 2.45) is 0 Å². The SMILES string of the molecule is COc1cc([N+](=O)[O-])ccc1NC(=O)CSc1nnc(-c2ccco2)n1Cc1ccccc1. The number of nitro groups is 1. The van der Waals surface area contributed by atoms with Crippen LogP contribution in [0, 0.1) is 10.1 Å². The molecule has 0 radical (unpaired) electrons. The molecule has 168 valence electrons. The molecular formula is C22H19N5O5S. The number of benzene rings is 2. The van der Waals surface area contributed by atoms with Gasteiger partial charge in [-0.1, -0.05) is 42.1 Å². The lowest BCUT2D eigenvalue weighted by molar-refractivity contribution is -0.384. The van der Waals surface area contributed by atoms with Gasteiger partial charge in [-0.15, -0.1) is 10.2 Å². The van der Waals surface area contributed by atoms with Crippen LogP contribution in [0.4, 0.5) is 11.4 Å². The molecule has 2 aromatic heterocycles. The first kappa shape index (κ1) is 22.1. The van der Waals surface area contributed by atoms with E-state index in [1.807, 2.05) is 34.9 Å². The minimum atomic E-state index is -0.528. The van der Waals surface area contributed by atoms with E-state index < -0.39 is 4.92 Å². The zero-order valence-corrected chi connectivity index (χ0v) is 18.3. The van der Waals surface area contributed by atoms with E-state index in [4.69, 9.17) is 9.15 Å². The van der Waals surface area contributed by atoms with E-state index in [9.17, 15) is 14.9 Å². The largest absolute Gasteiger partial charge is 0.494 e. The molecule has 1 N–H and O–H groups in total. The summed E-state index contributed by atoms with van der Waals surface area (Å²) in [5.41, 5.74) is 1.27. The standard InChI is InChI=1S/C22H19N5O5S/c1-31-19-12-16(27(29)30)9-10-17(19)23-20(28)14-33-22-25-24-21(18-8-5-11-32-18)26(22)13-15-6-3-2-4-7-15/h2-12H,13-14H2,1H3,(H,23,28). The Morgan fingerprint density at radius 1 is 1.18 bits per heavy atom. The van der Waals surface area contributed by atoms with Crippen LogP contribution in [-0.2, 0) is 11.3 Å². The van der Waals surface area contributed by atoms with Crippen LogP contribution in [0.15, 0.2) is 76.5 Å². The first-order valence-corrected chi connectivity index (χ1v) is 10.8. The summed E-state index contributed by atoms with van der Waals surface area (Å²) in [6.45, 7) is 0.504. The zero-order valence-electron chi connectivity index (χ0n) is 17.5. The summed E-state index contributed by atoms with van der Waals surface area (Å²) >= 11 is 1.22. The fourth-order valence-electron chi connectivity index (χ4n) is 3.11. The fourth-order valence-corrected chi connectivity index (χ4v) is 3.84. The molecule has 2 heterocycles. The average Bonchev–Trinajstić information content (AvgIpc) is 3.48. The number of anilines is 1. The van der Waals surface area contributed by atoms with E-state index in [0.29, 0.717) is 29.0 Å². The topological polar surface area (TPSA) is 125 Å². The molecule has 4 rings (SSSR count). The Morgan fingerprint density at radius 3 is 2.70 bits per heavy atom. The Hall–Kier alpha value is -4.12. The summed E-state index contributed by atoms with van der Waals surface area (Å²) in [6.07, 6.45) is 1.56. The van der Waals surface area contributed by atoms with E-state index >= 15 is 0 Å². The average molecular weight is 465 g/mol. The summed E-state index contributed by atoms with van der Waals surface area (Å²) < 4.78 is 12.5. The number of nitro benzene ring substituents is 1. The molecule has 4 aromatic rings. The zero-order chi connectivity index (χ0) is 23.2. The predicted molar refractivity (Wildman–Crippen MR) is 122 cm³/mol. The third-order valence-corrected chi connectivity index (χ3v) is 5.61. The van der Waals surface area contributed by atoms with Gasteiger partial charge >= 0.3 is 0 Å². The van der Waals surface area contributed by atoms with Gasteiger partial charge in [-0.2, -0.15) is 0 Å². The van der Waals surface area contributed by atoms with Crippen LogP contribution in [0.1, 0.15) is 5.56 Å². The van der Waals surface area contributed by atoms with Crippen LogP contribution in [0.2, 0.25) is 0 Å². The molecule has 33 heavy (non-hydrogen) atoms. The van der Waals surface area contributed by atoms with Crippen molar-refractivity contribution < 1.29 is 18.9 Å². The number of carbonyl (C=O) groups is 1. The van der Waals surface area contributed by atoms with Gasteiger partial charge in [0.15, 0.2) is 10.9 Å². The first-order valence-electron chi connectivity index (χ1n) is 9.81. The van der Waals surface area contributed by atoms with Crippen molar-refractivity contribution in [2.45, 2.75) is 11.7 Å². The minimum Gasteiger partial charge on any atom is -0.494 e. The molecule has 0 atom stereocenters. The van der Waals surface area contributed by atoms with E-state index in [2.05, 4.69) is 15.5 Å². The summed E-state index contributed by atoms with van der Waals surface area (Å²) in [7, 11) is 1.38. The predicted octanol–water partition coefficient (Wildman–Crippen LogP) is 4.23. The van der Waals surface area contributed by atoms with Gasteiger partial charge in [0, 0.05) is 6.07 Å². The van der Waals surface area contributed by atoms with Crippen molar-refractivity contribution in [3.63, 3.8) is 0 Å². The number of aromatic nitrogens is 3. The maximum atomic E-state index is 12.6. The van der Waals surface area contributed by atoms with Crippen molar-refractivity contribution in [3.8, 4) is 17.3 Å². The lowest BCUT2D eigenvalue weighted by Gasteiger charge is -2.11. The molecule has 0 bridgehead atoms. The number of methoxy groups -OCH3 is 1. The number of carbonyl (C=O) groups excluding carboxylic acids is 1. The van der Waals surface area contributed by atoms with Crippen LogP contribution in [0.25, 0.3) is 11.6 Å². The molecule has 1 amide bonds.